The average Bonchev–Trinajstić information content (AvgIpc) is 2.15. The lowest BCUT2D eigenvalue weighted by Gasteiger charge is -2.35. The molecule has 0 saturated carbocycles. The van der Waals surface area contributed by atoms with Crippen molar-refractivity contribution in [2.24, 2.45) is 0 Å². The van der Waals surface area contributed by atoms with Crippen molar-refractivity contribution in [1.29, 1.82) is 0 Å². The Bertz CT molecular complexity index is 224. The lowest BCUT2D eigenvalue weighted by molar-refractivity contribution is -0.120. The van der Waals surface area contributed by atoms with E-state index in [-0.39, 0.29) is 12.3 Å². The molecule has 15 heavy (non-hydrogen) atoms. The minimum absolute atomic E-state index is 0.339. The maximum atomic E-state index is 11.8. The number of methoxy groups -OCH3 is 1. The quantitative estimate of drug-likeness (QED) is 0.662. The van der Waals surface area contributed by atoms with Crippen molar-refractivity contribution in [3.63, 3.8) is 0 Å². The molecule has 0 bridgehead atoms. The van der Waals surface area contributed by atoms with Crippen LogP contribution in [0.15, 0.2) is 0 Å². The van der Waals surface area contributed by atoms with E-state index in [0.29, 0.717) is 19.8 Å². The first kappa shape index (κ1) is 12.3. The standard InChI is InChI=1S/C10H19NO4/c1-10(2,3)15-9(12)11-5-6-14-7-8(11)13-4/h8H,5-7H2,1-4H3. The lowest BCUT2D eigenvalue weighted by Crippen LogP contribution is -2.51. The molecule has 1 rings (SSSR count). The zero-order valence-corrected chi connectivity index (χ0v) is 9.78. The maximum Gasteiger partial charge on any atom is 0.412 e. The topological polar surface area (TPSA) is 48.0 Å². The van der Waals surface area contributed by atoms with E-state index in [1.165, 1.54) is 0 Å². The van der Waals surface area contributed by atoms with Gasteiger partial charge in [-0.3, -0.25) is 4.90 Å². The lowest BCUT2D eigenvalue weighted by atomic mass is 10.2. The summed E-state index contributed by atoms with van der Waals surface area (Å²) in [7, 11) is 1.55. The van der Waals surface area contributed by atoms with Crippen molar-refractivity contribution in [2.45, 2.75) is 32.6 Å². The first-order valence-electron chi connectivity index (χ1n) is 5.04. The van der Waals surface area contributed by atoms with E-state index < -0.39 is 5.60 Å². The van der Waals surface area contributed by atoms with Crippen molar-refractivity contribution >= 4 is 6.09 Å². The summed E-state index contributed by atoms with van der Waals surface area (Å²) in [5.41, 5.74) is -0.478. The number of nitrogens with zero attached hydrogens (tertiary/aromatic N) is 1. The monoisotopic (exact) mass is 217 g/mol. The third kappa shape index (κ3) is 3.68. The zero-order valence-electron chi connectivity index (χ0n) is 9.78. The van der Waals surface area contributed by atoms with Crippen molar-refractivity contribution in [3.8, 4) is 0 Å². The second kappa shape index (κ2) is 4.81. The molecule has 0 spiro atoms. The zero-order chi connectivity index (χ0) is 11.5. The number of hydrogen-bond donors (Lipinski definition) is 0. The van der Waals surface area contributed by atoms with Gasteiger partial charge in [0, 0.05) is 7.11 Å². The molecule has 1 heterocycles. The molecule has 0 radical (unpaired) electrons. The van der Waals surface area contributed by atoms with Crippen molar-refractivity contribution in [2.75, 3.05) is 26.9 Å². The van der Waals surface area contributed by atoms with Crippen LogP contribution >= 0.6 is 0 Å². The van der Waals surface area contributed by atoms with Gasteiger partial charge in [0.1, 0.15) is 5.60 Å². The maximum absolute atomic E-state index is 11.8. The van der Waals surface area contributed by atoms with Gasteiger partial charge in [-0.05, 0) is 20.8 Å². The Balaban J connectivity index is 2.56. The summed E-state index contributed by atoms with van der Waals surface area (Å²) in [6.07, 6.45) is -0.689. The second-order valence-electron chi connectivity index (χ2n) is 4.44. The number of morpholine rings is 1. The van der Waals surface area contributed by atoms with E-state index in [4.69, 9.17) is 14.2 Å². The first-order valence-corrected chi connectivity index (χ1v) is 5.04. The predicted octanol–water partition coefficient (Wildman–Crippen LogP) is 1.23. The summed E-state index contributed by atoms with van der Waals surface area (Å²) < 4.78 is 15.6. The molecule has 88 valence electrons. The van der Waals surface area contributed by atoms with Crippen molar-refractivity contribution in [1.82, 2.24) is 4.90 Å². The van der Waals surface area contributed by atoms with E-state index in [9.17, 15) is 4.79 Å². The number of carbonyl (C=O) groups excluding carboxylic acids is 1. The molecule has 1 amide bonds. The molecule has 0 aromatic rings. The molecule has 5 nitrogen and oxygen atoms in total. The Kier molecular flexibility index (Phi) is 3.93. The van der Waals surface area contributed by atoms with Crippen LogP contribution in [-0.2, 0) is 14.2 Å². The van der Waals surface area contributed by atoms with Gasteiger partial charge in [0.2, 0.25) is 0 Å². The predicted molar refractivity (Wildman–Crippen MR) is 54.6 cm³/mol. The van der Waals surface area contributed by atoms with Crippen LogP contribution in [0.2, 0.25) is 0 Å². The van der Waals surface area contributed by atoms with Gasteiger partial charge in [0.25, 0.3) is 0 Å². The molecule has 1 fully saturated rings. The molecule has 1 aliphatic rings. The summed E-state index contributed by atoms with van der Waals surface area (Å²) in [6.45, 7) is 6.95. The summed E-state index contributed by atoms with van der Waals surface area (Å²) in [5, 5.41) is 0. The highest BCUT2D eigenvalue weighted by Crippen LogP contribution is 2.14. The molecule has 1 saturated heterocycles. The Morgan fingerprint density at radius 2 is 2.13 bits per heavy atom. The third-order valence-corrected chi connectivity index (χ3v) is 1.98. The van der Waals surface area contributed by atoms with Gasteiger partial charge in [0.05, 0.1) is 19.8 Å². The number of ether oxygens (including phenoxy) is 3. The summed E-state index contributed by atoms with van der Waals surface area (Å²) in [6, 6.07) is 0. The van der Waals surface area contributed by atoms with Gasteiger partial charge in [-0.25, -0.2) is 4.79 Å². The Hall–Kier alpha value is -0.810. The molecular formula is C10H19NO4. The second-order valence-corrected chi connectivity index (χ2v) is 4.44. The van der Waals surface area contributed by atoms with Gasteiger partial charge in [-0.2, -0.15) is 0 Å². The fraction of sp³-hybridized carbons (Fsp3) is 0.900. The van der Waals surface area contributed by atoms with E-state index in [2.05, 4.69) is 0 Å². The minimum Gasteiger partial charge on any atom is -0.444 e. The van der Waals surface area contributed by atoms with Crippen LogP contribution in [-0.4, -0.2) is 49.7 Å². The van der Waals surface area contributed by atoms with E-state index in [0.717, 1.165) is 0 Å². The number of amides is 1. The van der Waals surface area contributed by atoms with Crippen LogP contribution in [0.1, 0.15) is 20.8 Å². The highest BCUT2D eigenvalue weighted by atomic mass is 16.6. The van der Waals surface area contributed by atoms with Crippen molar-refractivity contribution < 1.29 is 19.0 Å². The third-order valence-electron chi connectivity index (χ3n) is 1.98. The number of hydrogen-bond acceptors (Lipinski definition) is 4. The fourth-order valence-corrected chi connectivity index (χ4v) is 1.31. The van der Waals surface area contributed by atoms with Gasteiger partial charge in [-0.15, -0.1) is 0 Å². The van der Waals surface area contributed by atoms with Crippen LogP contribution in [0.5, 0.6) is 0 Å². The highest BCUT2D eigenvalue weighted by molar-refractivity contribution is 5.68. The molecule has 5 heteroatoms. The van der Waals surface area contributed by atoms with Crippen LogP contribution in [0, 0.1) is 0 Å². The highest BCUT2D eigenvalue weighted by Gasteiger charge is 2.30. The number of carbonyl (C=O) groups is 1. The van der Waals surface area contributed by atoms with E-state index in [1.54, 1.807) is 12.0 Å². The normalized spacial score (nSPS) is 22.7. The molecule has 1 atom stereocenters. The Morgan fingerprint density at radius 1 is 1.47 bits per heavy atom. The van der Waals surface area contributed by atoms with Gasteiger partial charge in [-0.1, -0.05) is 0 Å². The van der Waals surface area contributed by atoms with Crippen LogP contribution in [0.3, 0.4) is 0 Å². The molecule has 0 aromatic carbocycles. The van der Waals surface area contributed by atoms with Gasteiger partial charge >= 0.3 is 6.09 Å². The Labute approximate surface area is 90.3 Å². The molecule has 0 N–H and O–H groups in total. The molecule has 1 unspecified atom stereocenters. The van der Waals surface area contributed by atoms with E-state index >= 15 is 0 Å². The Morgan fingerprint density at radius 3 is 2.67 bits per heavy atom. The van der Waals surface area contributed by atoms with Gasteiger partial charge < -0.3 is 14.2 Å². The first-order chi connectivity index (χ1) is 6.94. The molecule has 0 aliphatic carbocycles. The molecular weight excluding hydrogens is 198 g/mol. The molecule has 0 aromatic heterocycles. The summed E-state index contributed by atoms with van der Waals surface area (Å²) >= 11 is 0. The minimum atomic E-state index is -0.478. The van der Waals surface area contributed by atoms with Crippen LogP contribution in [0.25, 0.3) is 0 Å². The average molecular weight is 217 g/mol. The smallest absolute Gasteiger partial charge is 0.412 e. The summed E-state index contributed by atoms with van der Waals surface area (Å²) in [4.78, 5) is 13.3. The largest absolute Gasteiger partial charge is 0.444 e. The fourth-order valence-electron chi connectivity index (χ4n) is 1.31. The van der Waals surface area contributed by atoms with Crippen molar-refractivity contribution in [3.05, 3.63) is 0 Å². The van der Waals surface area contributed by atoms with Gasteiger partial charge in [0.15, 0.2) is 6.23 Å². The van der Waals surface area contributed by atoms with Crippen LogP contribution in [0.4, 0.5) is 4.79 Å². The summed E-state index contributed by atoms with van der Waals surface area (Å²) in [5.74, 6) is 0. The SMILES string of the molecule is COC1COCCN1C(=O)OC(C)(C)C. The number of rotatable bonds is 1. The molecule has 1 aliphatic heterocycles. The van der Waals surface area contributed by atoms with Crippen LogP contribution < -0.4 is 0 Å². The van der Waals surface area contributed by atoms with E-state index in [1.807, 2.05) is 20.8 Å².